The third-order valence-corrected chi connectivity index (χ3v) is 3.69. The van der Waals surface area contributed by atoms with Gasteiger partial charge in [-0.05, 0) is 11.7 Å². The zero-order valence-electron chi connectivity index (χ0n) is 7.21. The highest BCUT2D eigenvalue weighted by Crippen LogP contribution is 2.32. The summed E-state index contributed by atoms with van der Waals surface area (Å²) >= 11 is 1.80. The summed E-state index contributed by atoms with van der Waals surface area (Å²) in [6.07, 6.45) is 0. The summed E-state index contributed by atoms with van der Waals surface area (Å²) in [5.74, 6) is 2.25. The smallest absolute Gasteiger partial charge is 0.119 e. The van der Waals surface area contributed by atoms with Crippen LogP contribution >= 0.6 is 11.8 Å². The maximum absolute atomic E-state index is 9.01. The van der Waals surface area contributed by atoms with Crippen LogP contribution in [0, 0.1) is 17.2 Å². The third-order valence-electron chi connectivity index (χ3n) is 2.29. The van der Waals surface area contributed by atoms with Gasteiger partial charge in [-0.25, -0.2) is 0 Å². The van der Waals surface area contributed by atoms with E-state index in [1.165, 1.54) is 0 Å². The van der Waals surface area contributed by atoms with Gasteiger partial charge in [-0.15, -0.1) is 0 Å². The van der Waals surface area contributed by atoms with Crippen molar-refractivity contribution in [3.63, 3.8) is 0 Å². The number of rotatable bonds is 3. The van der Waals surface area contributed by atoms with E-state index in [0.717, 1.165) is 11.5 Å². The minimum Gasteiger partial charge on any atom is -0.395 e. The zero-order chi connectivity index (χ0) is 9.03. The molecule has 0 saturated carbocycles. The number of aliphatic hydroxyl groups is 1. The summed E-state index contributed by atoms with van der Waals surface area (Å²) < 4.78 is 0. The summed E-state index contributed by atoms with van der Waals surface area (Å²) in [5.41, 5.74) is -0.395. The second-order valence-electron chi connectivity index (χ2n) is 3.15. The van der Waals surface area contributed by atoms with E-state index in [0.29, 0.717) is 12.5 Å². The number of nitrogens with zero attached hydrogens (tertiary/aromatic N) is 1. The number of nitriles is 1. The van der Waals surface area contributed by atoms with E-state index in [1.807, 2.05) is 0 Å². The number of nitrogens with one attached hydrogen (secondary N) is 1. The first-order valence-electron chi connectivity index (χ1n) is 4.10. The zero-order valence-corrected chi connectivity index (χ0v) is 8.02. The Labute approximate surface area is 77.1 Å². The summed E-state index contributed by atoms with van der Waals surface area (Å²) in [5, 5.41) is 20.8. The van der Waals surface area contributed by atoms with Gasteiger partial charge in [0.15, 0.2) is 0 Å². The highest BCUT2D eigenvalue weighted by molar-refractivity contribution is 7.99. The highest BCUT2D eigenvalue weighted by atomic mass is 32.2. The quantitative estimate of drug-likeness (QED) is 0.662. The number of hydrogen-bond acceptors (Lipinski definition) is 4. The van der Waals surface area contributed by atoms with Gasteiger partial charge in [-0.3, -0.25) is 5.32 Å². The largest absolute Gasteiger partial charge is 0.395 e. The van der Waals surface area contributed by atoms with Crippen LogP contribution in [0.5, 0.6) is 0 Å². The molecule has 0 radical (unpaired) electrons. The van der Waals surface area contributed by atoms with Crippen molar-refractivity contribution in [2.75, 3.05) is 24.7 Å². The predicted molar refractivity (Wildman–Crippen MR) is 49.9 cm³/mol. The Morgan fingerprint density at radius 3 is 3.00 bits per heavy atom. The molecule has 0 amide bonds. The van der Waals surface area contributed by atoms with Gasteiger partial charge in [0, 0.05) is 12.3 Å². The van der Waals surface area contributed by atoms with Gasteiger partial charge in [-0.1, -0.05) is 6.92 Å². The van der Waals surface area contributed by atoms with Crippen LogP contribution in [0.2, 0.25) is 0 Å². The lowest BCUT2D eigenvalue weighted by molar-refractivity contribution is 0.263. The molecule has 2 unspecified atom stereocenters. The molecule has 68 valence electrons. The van der Waals surface area contributed by atoms with Crippen LogP contribution in [0.4, 0.5) is 0 Å². The number of thioether (sulfide) groups is 1. The van der Waals surface area contributed by atoms with Crippen LogP contribution in [0.25, 0.3) is 0 Å². The fourth-order valence-electron chi connectivity index (χ4n) is 1.37. The molecule has 0 aromatic rings. The lowest BCUT2D eigenvalue weighted by Gasteiger charge is -2.25. The van der Waals surface area contributed by atoms with Crippen LogP contribution in [0.1, 0.15) is 6.92 Å². The van der Waals surface area contributed by atoms with E-state index in [2.05, 4.69) is 18.3 Å². The Morgan fingerprint density at radius 2 is 2.58 bits per heavy atom. The number of aliphatic hydroxyl groups excluding tert-OH is 1. The van der Waals surface area contributed by atoms with Crippen molar-refractivity contribution in [1.29, 1.82) is 5.26 Å². The molecule has 3 nitrogen and oxygen atoms in total. The van der Waals surface area contributed by atoms with Gasteiger partial charge in [0.25, 0.3) is 0 Å². The van der Waals surface area contributed by atoms with Crippen molar-refractivity contribution in [3.8, 4) is 6.07 Å². The van der Waals surface area contributed by atoms with Gasteiger partial charge in [0.05, 0.1) is 12.7 Å². The van der Waals surface area contributed by atoms with Crippen LogP contribution in [0.15, 0.2) is 0 Å². The minimum atomic E-state index is -0.395. The molecule has 2 atom stereocenters. The van der Waals surface area contributed by atoms with Crippen molar-refractivity contribution >= 4 is 11.8 Å². The molecule has 12 heavy (non-hydrogen) atoms. The SMILES string of the molecule is CC1CSCC1(C#N)NCCO. The molecule has 4 heteroatoms. The Balaban J connectivity index is 2.57. The fraction of sp³-hybridized carbons (Fsp3) is 0.875. The summed E-state index contributed by atoms with van der Waals surface area (Å²) in [4.78, 5) is 0. The minimum absolute atomic E-state index is 0.0980. The molecule has 0 aromatic heterocycles. The van der Waals surface area contributed by atoms with Gasteiger partial charge in [-0.2, -0.15) is 17.0 Å². The molecule has 0 aliphatic carbocycles. The van der Waals surface area contributed by atoms with Crippen LogP contribution in [-0.2, 0) is 0 Å². The second kappa shape index (κ2) is 4.13. The Morgan fingerprint density at radius 1 is 1.83 bits per heavy atom. The number of hydrogen-bond donors (Lipinski definition) is 2. The topological polar surface area (TPSA) is 56.0 Å². The van der Waals surface area contributed by atoms with Crippen LogP contribution < -0.4 is 5.32 Å². The third kappa shape index (κ3) is 1.74. The first-order chi connectivity index (χ1) is 5.75. The average molecular weight is 186 g/mol. The Bertz CT molecular complexity index is 192. The summed E-state index contributed by atoms with van der Waals surface area (Å²) in [7, 11) is 0. The Kier molecular flexibility index (Phi) is 3.39. The first-order valence-corrected chi connectivity index (χ1v) is 5.25. The van der Waals surface area contributed by atoms with Gasteiger partial charge >= 0.3 is 0 Å². The first kappa shape index (κ1) is 9.85. The molecule has 0 spiro atoms. The van der Waals surface area contributed by atoms with Gasteiger partial charge in [0.1, 0.15) is 5.54 Å². The molecular weight excluding hydrogens is 172 g/mol. The molecule has 1 aliphatic rings. The Hall–Kier alpha value is -0.240. The molecule has 0 bridgehead atoms. The van der Waals surface area contributed by atoms with Gasteiger partial charge < -0.3 is 5.11 Å². The molecule has 1 rings (SSSR count). The van der Waals surface area contributed by atoms with E-state index in [9.17, 15) is 0 Å². The van der Waals surface area contributed by atoms with Crippen molar-refractivity contribution < 1.29 is 5.11 Å². The normalized spacial score (nSPS) is 34.9. The van der Waals surface area contributed by atoms with Crippen molar-refractivity contribution in [1.82, 2.24) is 5.32 Å². The lowest BCUT2D eigenvalue weighted by Crippen LogP contribution is -2.50. The molecule has 0 aromatic carbocycles. The van der Waals surface area contributed by atoms with E-state index in [-0.39, 0.29) is 6.61 Å². The van der Waals surface area contributed by atoms with Crippen molar-refractivity contribution in [3.05, 3.63) is 0 Å². The van der Waals surface area contributed by atoms with E-state index in [1.54, 1.807) is 11.8 Å². The van der Waals surface area contributed by atoms with E-state index in [4.69, 9.17) is 10.4 Å². The van der Waals surface area contributed by atoms with Crippen molar-refractivity contribution in [2.45, 2.75) is 12.5 Å². The molecule has 1 heterocycles. The average Bonchev–Trinajstić information content (AvgIpc) is 2.45. The maximum Gasteiger partial charge on any atom is 0.119 e. The monoisotopic (exact) mass is 186 g/mol. The molecular formula is C8H14N2OS. The summed E-state index contributed by atoms with van der Waals surface area (Å²) in [6, 6.07) is 2.32. The van der Waals surface area contributed by atoms with E-state index < -0.39 is 5.54 Å². The van der Waals surface area contributed by atoms with Crippen LogP contribution in [-0.4, -0.2) is 35.3 Å². The molecule has 2 N–H and O–H groups in total. The fourth-order valence-corrected chi connectivity index (χ4v) is 2.90. The second-order valence-corrected chi connectivity index (χ2v) is 4.18. The maximum atomic E-state index is 9.01. The van der Waals surface area contributed by atoms with Gasteiger partial charge in [0.2, 0.25) is 0 Å². The standard InChI is InChI=1S/C8H14N2OS/c1-7-4-12-6-8(7,5-9)10-2-3-11/h7,10-11H,2-4,6H2,1H3. The molecule has 1 fully saturated rings. The molecule has 1 saturated heterocycles. The lowest BCUT2D eigenvalue weighted by atomic mass is 9.90. The number of β-amino-alcohol motifs (C(OH)–C–C–N with tert-alkyl or cyclic N) is 1. The van der Waals surface area contributed by atoms with E-state index >= 15 is 0 Å². The molecule has 1 aliphatic heterocycles. The highest BCUT2D eigenvalue weighted by Gasteiger charge is 2.40. The predicted octanol–water partition coefficient (Wildman–Crippen LogP) is 0.214. The van der Waals surface area contributed by atoms with Crippen molar-refractivity contribution in [2.24, 2.45) is 5.92 Å². The van der Waals surface area contributed by atoms with Crippen LogP contribution in [0.3, 0.4) is 0 Å². The summed E-state index contributed by atoms with van der Waals surface area (Å²) in [6.45, 7) is 2.69.